The molecule has 14 heteroatoms. The number of aliphatic hydroxyl groups is 7. The molecule has 10 atom stereocenters. The molecule has 2 rings (SSSR count). The lowest BCUT2D eigenvalue weighted by molar-refractivity contribution is -0.388. The minimum Gasteiger partial charge on any atom is -0.394 e. The summed E-state index contributed by atoms with van der Waals surface area (Å²) in [6.07, 6.45) is -9.42. The van der Waals surface area contributed by atoms with Crippen molar-refractivity contribution < 1.29 is 59.5 Å². The number of carbonyl (C=O) groups excluding carboxylic acids is 2. The molecular weight excluding hydrogens is 496 g/mol. The topological polar surface area (TPSA) is 227 Å². The largest absolute Gasteiger partial charge is 0.394 e. The van der Waals surface area contributed by atoms with Gasteiger partial charge in [0.25, 0.3) is 5.91 Å². The van der Waals surface area contributed by atoms with Crippen LogP contribution in [0.25, 0.3) is 0 Å². The fraction of sp³-hybridized carbons (Fsp3) is 0.826. The number of aliphatic hydroxyl groups excluding tert-OH is 7. The van der Waals surface area contributed by atoms with E-state index in [9.17, 15) is 45.3 Å². The highest BCUT2D eigenvalue weighted by atomic mass is 16.7. The van der Waals surface area contributed by atoms with Crippen LogP contribution in [0.15, 0.2) is 12.7 Å². The summed E-state index contributed by atoms with van der Waals surface area (Å²) < 4.78 is 17.3. The van der Waals surface area contributed by atoms with E-state index in [1.807, 2.05) is 0 Å². The van der Waals surface area contributed by atoms with Crippen LogP contribution in [0.4, 0.5) is 0 Å². The quantitative estimate of drug-likeness (QED) is 0.0628. The maximum absolute atomic E-state index is 12.2. The Morgan fingerprint density at radius 3 is 2.14 bits per heavy atom. The molecular formula is C23H40N2O12. The van der Waals surface area contributed by atoms with Gasteiger partial charge in [0.2, 0.25) is 11.8 Å². The number of ether oxygens (including phenoxy) is 3. The molecule has 214 valence electrons. The number of unbranched alkanes of at least 4 members (excludes halogenated alkanes) is 3. The van der Waals surface area contributed by atoms with Crippen LogP contribution in [0.1, 0.15) is 32.6 Å². The molecule has 0 radical (unpaired) electrons. The lowest BCUT2D eigenvalue weighted by atomic mass is 9.78. The standard InChI is InChI=1S/C23H40N2O12/c1-3-15(29)24-8-6-4-5-7-9-35-23(25-12(2)28)16(19(32)18(31)14(11-27)37-23)22-21(34)20(33)17(30)13(10-26)36-22/h3,13-14,16-22,26-27,30-34H,1,4-11H2,2H3,(H,24,29)(H,25,28)/t13-,14-,16-,17+,18-,19-,20+,21-,22+,23-/m1/s1. The highest BCUT2D eigenvalue weighted by molar-refractivity contribution is 5.86. The number of amides is 2. The fourth-order valence-electron chi connectivity index (χ4n) is 4.63. The zero-order valence-corrected chi connectivity index (χ0v) is 20.8. The summed E-state index contributed by atoms with van der Waals surface area (Å²) in [7, 11) is 0. The zero-order valence-electron chi connectivity index (χ0n) is 20.8. The van der Waals surface area contributed by atoms with Gasteiger partial charge in [-0.1, -0.05) is 19.4 Å². The molecule has 0 aromatic carbocycles. The molecule has 0 aromatic rings. The predicted octanol–water partition coefficient (Wildman–Crippen LogP) is -3.77. The van der Waals surface area contributed by atoms with Crippen molar-refractivity contribution in [2.24, 2.45) is 5.92 Å². The molecule has 37 heavy (non-hydrogen) atoms. The fourth-order valence-corrected chi connectivity index (χ4v) is 4.63. The summed E-state index contributed by atoms with van der Waals surface area (Å²) in [4.78, 5) is 23.4. The molecule has 2 heterocycles. The Morgan fingerprint density at radius 1 is 0.919 bits per heavy atom. The molecule has 9 N–H and O–H groups in total. The normalized spacial score (nSPS) is 38.1. The lowest BCUT2D eigenvalue weighted by Crippen LogP contribution is -2.75. The molecule has 2 aliphatic heterocycles. The van der Waals surface area contributed by atoms with Gasteiger partial charge in [-0.3, -0.25) is 9.59 Å². The van der Waals surface area contributed by atoms with E-state index in [-0.39, 0.29) is 12.5 Å². The van der Waals surface area contributed by atoms with Crippen LogP contribution < -0.4 is 10.6 Å². The summed E-state index contributed by atoms with van der Waals surface area (Å²) in [5.74, 6) is -4.72. The number of nitrogens with one attached hydrogen (secondary N) is 2. The maximum atomic E-state index is 12.2. The molecule has 0 saturated carbocycles. The molecule has 0 spiro atoms. The average Bonchev–Trinajstić information content (AvgIpc) is 2.87. The molecule has 0 aromatic heterocycles. The predicted molar refractivity (Wildman–Crippen MR) is 125 cm³/mol. The van der Waals surface area contributed by atoms with E-state index in [2.05, 4.69) is 17.2 Å². The van der Waals surface area contributed by atoms with E-state index in [0.29, 0.717) is 25.8 Å². The number of carbonyl (C=O) groups is 2. The highest BCUT2D eigenvalue weighted by Gasteiger charge is 2.62. The van der Waals surface area contributed by atoms with Crippen molar-refractivity contribution in [2.45, 2.75) is 87.3 Å². The minimum atomic E-state index is -2.22. The van der Waals surface area contributed by atoms with E-state index in [1.165, 1.54) is 6.08 Å². The molecule has 2 aliphatic rings. The van der Waals surface area contributed by atoms with Crippen molar-refractivity contribution in [2.75, 3.05) is 26.4 Å². The smallest absolute Gasteiger partial charge is 0.260 e. The van der Waals surface area contributed by atoms with Crippen LogP contribution in [0.5, 0.6) is 0 Å². The van der Waals surface area contributed by atoms with Gasteiger partial charge < -0.3 is 60.6 Å². The molecule has 0 unspecified atom stereocenters. The number of hydrogen-bond donors (Lipinski definition) is 9. The Hall–Kier alpha value is -1.72. The Balaban J connectivity index is 2.23. The first-order valence-corrected chi connectivity index (χ1v) is 12.3. The summed E-state index contributed by atoms with van der Waals surface area (Å²) >= 11 is 0. The number of rotatable bonds is 13. The number of hydrogen-bond acceptors (Lipinski definition) is 12. The summed E-state index contributed by atoms with van der Waals surface area (Å²) in [6, 6.07) is 0. The van der Waals surface area contributed by atoms with Crippen molar-refractivity contribution in [1.29, 1.82) is 0 Å². The Morgan fingerprint density at radius 2 is 1.54 bits per heavy atom. The second kappa shape index (κ2) is 14.4. The van der Waals surface area contributed by atoms with E-state index >= 15 is 0 Å². The summed E-state index contributed by atoms with van der Waals surface area (Å²) in [5.41, 5.74) is 0. The van der Waals surface area contributed by atoms with E-state index in [4.69, 9.17) is 14.2 Å². The van der Waals surface area contributed by atoms with E-state index in [1.54, 1.807) is 0 Å². The van der Waals surface area contributed by atoms with Crippen LogP contribution >= 0.6 is 0 Å². The van der Waals surface area contributed by atoms with Crippen LogP contribution in [0, 0.1) is 5.92 Å². The highest BCUT2D eigenvalue weighted by Crippen LogP contribution is 2.41. The first kappa shape index (κ1) is 31.5. The monoisotopic (exact) mass is 536 g/mol. The van der Waals surface area contributed by atoms with Gasteiger partial charge in [-0.05, 0) is 18.9 Å². The molecule has 2 saturated heterocycles. The molecule has 2 amide bonds. The van der Waals surface area contributed by atoms with Gasteiger partial charge >= 0.3 is 0 Å². The Labute approximate surface area is 214 Å². The van der Waals surface area contributed by atoms with Gasteiger partial charge in [0, 0.05) is 13.5 Å². The third kappa shape index (κ3) is 7.66. The minimum absolute atomic E-state index is 0.0335. The van der Waals surface area contributed by atoms with Crippen molar-refractivity contribution in [3.8, 4) is 0 Å². The first-order valence-electron chi connectivity index (χ1n) is 12.3. The Bertz CT molecular complexity index is 755. The van der Waals surface area contributed by atoms with Crippen LogP contribution in [0.2, 0.25) is 0 Å². The van der Waals surface area contributed by atoms with Crippen molar-refractivity contribution in [3.63, 3.8) is 0 Å². The van der Waals surface area contributed by atoms with Crippen LogP contribution in [-0.2, 0) is 23.8 Å². The Kier molecular flexibility index (Phi) is 12.3. The summed E-state index contributed by atoms with van der Waals surface area (Å²) in [5, 5.41) is 77.1. The van der Waals surface area contributed by atoms with Gasteiger partial charge in [0.15, 0.2) is 0 Å². The molecule has 2 fully saturated rings. The summed E-state index contributed by atoms with van der Waals surface area (Å²) in [6.45, 7) is 3.45. The van der Waals surface area contributed by atoms with Gasteiger partial charge in [0.1, 0.15) is 36.6 Å². The molecule has 0 bridgehead atoms. The third-order valence-electron chi connectivity index (χ3n) is 6.55. The second-order valence-electron chi connectivity index (χ2n) is 9.25. The maximum Gasteiger partial charge on any atom is 0.260 e. The van der Waals surface area contributed by atoms with Gasteiger partial charge in [-0.25, -0.2) is 0 Å². The molecule has 0 aliphatic carbocycles. The lowest BCUT2D eigenvalue weighted by Gasteiger charge is -2.54. The van der Waals surface area contributed by atoms with E-state index in [0.717, 1.165) is 13.3 Å². The van der Waals surface area contributed by atoms with Gasteiger partial charge in [0.05, 0.1) is 37.9 Å². The second-order valence-corrected chi connectivity index (χ2v) is 9.25. The molecule has 14 nitrogen and oxygen atoms in total. The van der Waals surface area contributed by atoms with E-state index < -0.39 is 79.8 Å². The van der Waals surface area contributed by atoms with Gasteiger partial charge in [-0.15, -0.1) is 0 Å². The van der Waals surface area contributed by atoms with Crippen LogP contribution in [-0.4, -0.2) is 129 Å². The van der Waals surface area contributed by atoms with Gasteiger partial charge in [-0.2, -0.15) is 0 Å². The third-order valence-corrected chi connectivity index (χ3v) is 6.55. The van der Waals surface area contributed by atoms with Crippen LogP contribution in [0.3, 0.4) is 0 Å². The first-order chi connectivity index (χ1) is 17.5. The SMILES string of the molecule is C=CC(=O)NCCCCCCO[C@@]1(NC(C)=O)O[C@H](CO)[C@@H](O)[C@H](O)[C@@H]1[C@@H]1O[C@H](CO)[C@H](O)[C@H](O)[C@H]1O. The average molecular weight is 537 g/mol. The van der Waals surface area contributed by atoms with Crippen molar-refractivity contribution in [1.82, 2.24) is 10.6 Å². The van der Waals surface area contributed by atoms with Crippen molar-refractivity contribution in [3.05, 3.63) is 12.7 Å². The van der Waals surface area contributed by atoms with Crippen molar-refractivity contribution >= 4 is 11.8 Å². The zero-order chi connectivity index (χ0) is 27.8.